The van der Waals surface area contributed by atoms with Crippen LogP contribution in [0.3, 0.4) is 0 Å². The lowest BCUT2D eigenvalue weighted by Crippen LogP contribution is -2.05. The van der Waals surface area contributed by atoms with Gasteiger partial charge in [-0.1, -0.05) is 17.2 Å². The number of ether oxygens (including phenoxy) is 1. The van der Waals surface area contributed by atoms with Gasteiger partial charge in [0.05, 0.1) is 7.11 Å². The quantitative estimate of drug-likeness (QED) is 0.825. The fourth-order valence-electron chi connectivity index (χ4n) is 1.61. The van der Waals surface area contributed by atoms with E-state index in [9.17, 15) is 0 Å². The van der Waals surface area contributed by atoms with E-state index in [-0.39, 0.29) is 5.38 Å². The van der Waals surface area contributed by atoms with Gasteiger partial charge in [-0.2, -0.15) is 0 Å². The number of halogens is 1. The van der Waals surface area contributed by atoms with Crippen LogP contribution in [-0.2, 0) is 6.42 Å². The normalized spacial score (nSPS) is 12.2. The van der Waals surface area contributed by atoms with Crippen molar-refractivity contribution in [2.24, 2.45) is 0 Å². The molecule has 0 fully saturated rings. The molecule has 1 unspecified atom stereocenters. The highest BCUT2D eigenvalue weighted by Crippen LogP contribution is 2.19. The summed E-state index contributed by atoms with van der Waals surface area (Å²) < 4.78 is 10.5. The SMILES string of the molecule is COc1cccc(CCNc2nnc(C(C)Cl)o2)c1. The first-order valence-corrected chi connectivity index (χ1v) is 6.47. The van der Waals surface area contributed by atoms with Crippen LogP contribution in [0.1, 0.15) is 23.8 Å². The second-order valence-corrected chi connectivity index (χ2v) is 4.74. The van der Waals surface area contributed by atoms with Gasteiger partial charge in [-0.3, -0.25) is 0 Å². The molecule has 2 aromatic rings. The van der Waals surface area contributed by atoms with Gasteiger partial charge in [-0.15, -0.1) is 16.7 Å². The Morgan fingerprint density at radius 3 is 2.95 bits per heavy atom. The maximum atomic E-state index is 5.84. The van der Waals surface area contributed by atoms with Gasteiger partial charge < -0.3 is 14.5 Å². The summed E-state index contributed by atoms with van der Waals surface area (Å²) in [6.45, 7) is 2.49. The van der Waals surface area contributed by atoms with Gasteiger partial charge in [-0.25, -0.2) is 0 Å². The molecule has 0 amide bonds. The Hall–Kier alpha value is -1.75. The van der Waals surface area contributed by atoms with Gasteiger partial charge >= 0.3 is 6.01 Å². The first-order valence-electron chi connectivity index (χ1n) is 6.03. The highest BCUT2D eigenvalue weighted by molar-refractivity contribution is 6.20. The molecule has 6 heteroatoms. The second-order valence-electron chi connectivity index (χ2n) is 4.09. The van der Waals surface area contributed by atoms with E-state index in [1.165, 1.54) is 5.56 Å². The molecule has 0 bridgehead atoms. The van der Waals surface area contributed by atoms with Crippen LogP contribution in [0.4, 0.5) is 6.01 Å². The van der Waals surface area contributed by atoms with Crippen LogP contribution in [0.2, 0.25) is 0 Å². The predicted molar refractivity (Wildman–Crippen MR) is 73.8 cm³/mol. The molecule has 1 heterocycles. The summed E-state index contributed by atoms with van der Waals surface area (Å²) in [5.41, 5.74) is 1.18. The number of hydrogen-bond acceptors (Lipinski definition) is 5. The van der Waals surface area contributed by atoms with Crippen molar-refractivity contribution in [2.45, 2.75) is 18.7 Å². The highest BCUT2D eigenvalue weighted by Gasteiger charge is 2.10. The molecule has 0 saturated carbocycles. The van der Waals surface area contributed by atoms with E-state index < -0.39 is 0 Å². The van der Waals surface area contributed by atoms with Crippen molar-refractivity contribution in [1.82, 2.24) is 10.2 Å². The van der Waals surface area contributed by atoms with Crippen LogP contribution in [0.15, 0.2) is 28.7 Å². The fraction of sp³-hybridized carbons (Fsp3) is 0.385. The molecule has 1 atom stereocenters. The monoisotopic (exact) mass is 281 g/mol. The minimum absolute atomic E-state index is 0.276. The van der Waals surface area contributed by atoms with E-state index in [0.717, 1.165) is 12.2 Å². The Balaban J connectivity index is 1.85. The van der Waals surface area contributed by atoms with Crippen LogP contribution < -0.4 is 10.1 Å². The van der Waals surface area contributed by atoms with Crippen LogP contribution in [-0.4, -0.2) is 23.9 Å². The van der Waals surface area contributed by atoms with Crippen molar-refractivity contribution in [3.8, 4) is 5.75 Å². The Bertz CT molecular complexity index is 528. The van der Waals surface area contributed by atoms with Crippen LogP contribution in [0, 0.1) is 0 Å². The molecule has 1 aromatic heterocycles. The van der Waals surface area contributed by atoms with E-state index >= 15 is 0 Å². The van der Waals surface area contributed by atoms with Crippen molar-refractivity contribution >= 4 is 17.6 Å². The predicted octanol–water partition coefficient (Wildman–Crippen LogP) is 3.03. The van der Waals surface area contributed by atoms with Crippen LogP contribution in [0.5, 0.6) is 5.75 Å². The van der Waals surface area contributed by atoms with Crippen molar-refractivity contribution in [1.29, 1.82) is 0 Å². The molecular weight excluding hydrogens is 266 g/mol. The maximum Gasteiger partial charge on any atom is 0.315 e. The molecule has 5 nitrogen and oxygen atoms in total. The summed E-state index contributed by atoms with van der Waals surface area (Å²) in [6.07, 6.45) is 0.839. The van der Waals surface area contributed by atoms with Gasteiger partial charge in [0.15, 0.2) is 0 Å². The van der Waals surface area contributed by atoms with Gasteiger partial charge in [0.1, 0.15) is 11.1 Å². The number of nitrogens with one attached hydrogen (secondary N) is 1. The Morgan fingerprint density at radius 2 is 2.26 bits per heavy atom. The van der Waals surface area contributed by atoms with Crippen molar-refractivity contribution in [2.75, 3.05) is 19.0 Å². The third-order valence-corrected chi connectivity index (χ3v) is 2.79. The van der Waals surface area contributed by atoms with Gasteiger partial charge in [0.25, 0.3) is 0 Å². The standard InChI is InChI=1S/C13H16ClN3O2/c1-9(14)12-16-17-13(19-12)15-7-6-10-4-3-5-11(8-10)18-2/h3-5,8-9H,6-7H2,1-2H3,(H,15,17). The zero-order valence-electron chi connectivity index (χ0n) is 10.9. The fourth-order valence-corrected chi connectivity index (χ4v) is 1.70. The summed E-state index contributed by atoms with van der Waals surface area (Å²) in [5, 5.41) is 10.5. The molecule has 0 aliphatic rings. The molecule has 0 radical (unpaired) electrons. The lowest BCUT2D eigenvalue weighted by molar-refractivity contribution is 0.414. The van der Waals surface area contributed by atoms with E-state index in [2.05, 4.69) is 15.5 Å². The lowest BCUT2D eigenvalue weighted by atomic mass is 10.1. The van der Waals surface area contributed by atoms with Crippen molar-refractivity contribution in [3.63, 3.8) is 0 Å². The average molecular weight is 282 g/mol. The highest BCUT2D eigenvalue weighted by atomic mass is 35.5. The molecule has 1 aromatic carbocycles. The third-order valence-electron chi connectivity index (χ3n) is 2.60. The molecule has 0 spiro atoms. The van der Waals surface area contributed by atoms with Crippen molar-refractivity contribution in [3.05, 3.63) is 35.7 Å². The molecule has 0 saturated heterocycles. The summed E-state index contributed by atoms with van der Waals surface area (Å²) in [6, 6.07) is 8.33. The maximum absolute atomic E-state index is 5.84. The molecule has 0 aliphatic heterocycles. The largest absolute Gasteiger partial charge is 0.497 e. The smallest absolute Gasteiger partial charge is 0.315 e. The number of anilines is 1. The number of aromatic nitrogens is 2. The summed E-state index contributed by atoms with van der Waals surface area (Å²) >= 11 is 5.84. The Labute approximate surface area is 116 Å². The lowest BCUT2D eigenvalue weighted by Gasteiger charge is -2.04. The molecule has 1 N–H and O–H groups in total. The summed E-state index contributed by atoms with van der Waals surface area (Å²) in [5.74, 6) is 1.28. The van der Waals surface area contributed by atoms with Crippen molar-refractivity contribution < 1.29 is 9.15 Å². The second kappa shape index (κ2) is 6.43. The zero-order chi connectivity index (χ0) is 13.7. The summed E-state index contributed by atoms with van der Waals surface area (Å²) in [7, 11) is 1.66. The molecule has 2 rings (SSSR count). The third kappa shape index (κ3) is 3.86. The minimum atomic E-state index is -0.276. The topological polar surface area (TPSA) is 60.2 Å². The summed E-state index contributed by atoms with van der Waals surface area (Å²) in [4.78, 5) is 0. The number of rotatable bonds is 6. The number of nitrogens with zero attached hydrogens (tertiary/aromatic N) is 2. The van der Waals surface area contributed by atoms with E-state index in [1.54, 1.807) is 14.0 Å². The van der Waals surface area contributed by atoms with Crippen LogP contribution >= 0.6 is 11.6 Å². The number of alkyl halides is 1. The average Bonchev–Trinajstić information content (AvgIpc) is 2.88. The van der Waals surface area contributed by atoms with E-state index in [0.29, 0.717) is 18.5 Å². The zero-order valence-corrected chi connectivity index (χ0v) is 11.6. The molecule has 0 aliphatic carbocycles. The minimum Gasteiger partial charge on any atom is -0.497 e. The Morgan fingerprint density at radius 1 is 1.42 bits per heavy atom. The molecule has 19 heavy (non-hydrogen) atoms. The number of methoxy groups -OCH3 is 1. The van der Waals surface area contributed by atoms with E-state index in [4.69, 9.17) is 20.8 Å². The first kappa shape index (κ1) is 13.7. The Kier molecular flexibility index (Phi) is 4.63. The first-order chi connectivity index (χ1) is 9.19. The molecule has 102 valence electrons. The van der Waals surface area contributed by atoms with Gasteiger partial charge in [0, 0.05) is 6.54 Å². The van der Waals surface area contributed by atoms with E-state index in [1.807, 2.05) is 24.3 Å². The van der Waals surface area contributed by atoms with Gasteiger partial charge in [-0.05, 0) is 31.0 Å². The number of benzene rings is 1. The number of hydrogen-bond donors (Lipinski definition) is 1. The van der Waals surface area contributed by atoms with Gasteiger partial charge in [0.2, 0.25) is 5.89 Å². The molecular formula is C13H16ClN3O2. The van der Waals surface area contributed by atoms with Crippen LogP contribution in [0.25, 0.3) is 0 Å².